The normalized spacial score (nSPS) is 10.1. The van der Waals surface area contributed by atoms with Crippen LogP contribution < -0.4 is 17.1 Å². The number of hydrogen-bond acceptors (Lipinski definition) is 5. The number of hydrogen-bond donors (Lipinski definition) is 2. The van der Waals surface area contributed by atoms with Crippen LogP contribution in [0.1, 0.15) is 0 Å². The van der Waals surface area contributed by atoms with Crippen molar-refractivity contribution in [3.63, 3.8) is 0 Å². The van der Waals surface area contributed by atoms with E-state index in [-0.39, 0.29) is 11.6 Å². The number of benzene rings is 1. The van der Waals surface area contributed by atoms with Gasteiger partial charge in [0.1, 0.15) is 0 Å². The molecule has 6 heteroatoms. The van der Waals surface area contributed by atoms with Crippen LogP contribution in [0.2, 0.25) is 0 Å². The van der Waals surface area contributed by atoms with Crippen LogP contribution in [-0.4, -0.2) is 14.9 Å². The summed E-state index contributed by atoms with van der Waals surface area (Å²) in [6, 6.07) is 8.94. The second kappa shape index (κ2) is 3.41. The highest BCUT2D eigenvalue weighted by Crippen LogP contribution is 2.10. The summed E-state index contributed by atoms with van der Waals surface area (Å²) in [5.74, 6) is 5.29. The summed E-state index contributed by atoms with van der Waals surface area (Å²) in [7, 11) is 0. The molecule has 0 saturated heterocycles. The molecule has 0 bridgehead atoms. The molecular weight excluding hydrogens is 194 g/mol. The van der Waals surface area contributed by atoms with Crippen LogP contribution in [0.4, 0.5) is 5.95 Å². The average molecular weight is 203 g/mol. The minimum atomic E-state index is -0.486. The maximum absolute atomic E-state index is 11.5. The first-order chi connectivity index (χ1) is 7.18. The van der Waals surface area contributed by atoms with Crippen molar-refractivity contribution < 1.29 is 0 Å². The van der Waals surface area contributed by atoms with Gasteiger partial charge in [0, 0.05) is 5.56 Å². The van der Waals surface area contributed by atoms with E-state index in [1.54, 1.807) is 24.3 Å². The van der Waals surface area contributed by atoms with Crippen LogP contribution in [0.5, 0.6) is 0 Å². The number of aromatic nitrogens is 3. The van der Waals surface area contributed by atoms with E-state index in [1.807, 2.05) is 6.07 Å². The monoisotopic (exact) mass is 203 g/mol. The fourth-order valence-corrected chi connectivity index (χ4v) is 1.19. The van der Waals surface area contributed by atoms with Crippen molar-refractivity contribution in [1.82, 2.24) is 14.9 Å². The predicted molar refractivity (Wildman–Crippen MR) is 56.3 cm³/mol. The van der Waals surface area contributed by atoms with Gasteiger partial charge < -0.3 is 11.6 Å². The van der Waals surface area contributed by atoms with E-state index in [0.717, 1.165) is 4.79 Å². The third-order valence-corrected chi connectivity index (χ3v) is 1.91. The fourth-order valence-electron chi connectivity index (χ4n) is 1.19. The van der Waals surface area contributed by atoms with Gasteiger partial charge in [0.25, 0.3) is 0 Å². The van der Waals surface area contributed by atoms with Crippen molar-refractivity contribution in [2.24, 2.45) is 0 Å². The molecule has 76 valence electrons. The summed E-state index contributed by atoms with van der Waals surface area (Å²) in [5, 5.41) is 3.84. The Balaban J connectivity index is 2.65. The third-order valence-electron chi connectivity index (χ3n) is 1.91. The van der Waals surface area contributed by atoms with Crippen molar-refractivity contribution in [2.45, 2.75) is 0 Å². The number of nitrogens with zero attached hydrogens (tertiary/aromatic N) is 3. The summed E-state index contributed by atoms with van der Waals surface area (Å²) in [5.41, 5.74) is 5.69. The maximum atomic E-state index is 11.5. The highest BCUT2D eigenvalue weighted by Gasteiger charge is 2.07. The van der Waals surface area contributed by atoms with E-state index in [2.05, 4.69) is 10.1 Å². The Morgan fingerprint density at radius 2 is 1.87 bits per heavy atom. The number of nitrogens with two attached hydrogens (primary N) is 2. The zero-order valence-electron chi connectivity index (χ0n) is 7.79. The molecule has 0 radical (unpaired) electrons. The fraction of sp³-hybridized carbons (Fsp3) is 0. The Morgan fingerprint density at radius 1 is 1.20 bits per heavy atom. The molecule has 0 fully saturated rings. The van der Waals surface area contributed by atoms with Gasteiger partial charge in [-0.25, -0.2) is 0 Å². The van der Waals surface area contributed by atoms with Gasteiger partial charge in [-0.2, -0.15) is 4.98 Å². The number of rotatable bonds is 1. The molecule has 6 nitrogen and oxygen atoms in total. The molecule has 1 aromatic heterocycles. The van der Waals surface area contributed by atoms with Crippen LogP contribution >= 0.6 is 0 Å². The van der Waals surface area contributed by atoms with Gasteiger partial charge in [-0.1, -0.05) is 30.3 Å². The second-order valence-corrected chi connectivity index (χ2v) is 2.93. The molecule has 0 unspecified atom stereocenters. The molecule has 15 heavy (non-hydrogen) atoms. The SMILES string of the molecule is Nc1nc(=O)c(-c2ccccc2)nn1N. The molecule has 0 saturated carbocycles. The molecule has 4 N–H and O–H groups in total. The molecular formula is C9H9N5O. The maximum Gasteiger partial charge on any atom is 0.301 e. The Kier molecular flexibility index (Phi) is 2.09. The van der Waals surface area contributed by atoms with Crippen molar-refractivity contribution in [3.8, 4) is 11.3 Å². The lowest BCUT2D eigenvalue weighted by atomic mass is 10.2. The van der Waals surface area contributed by atoms with E-state index in [4.69, 9.17) is 11.6 Å². The second-order valence-electron chi connectivity index (χ2n) is 2.93. The van der Waals surface area contributed by atoms with E-state index in [9.17, 15) is 4.79 Å². The summed E-state index contributed by atoms with van der Waals surface area (Å²) in [6.07, 6.45) is 0. The molecule has 1 aromatic carbocycles. The zero-order valence-corrected chi connectivity index (χ0v) is 7.79. The van der Waals surface area contributed by atoms with Gasteiger partial charge in [0.2, 0.25) is 5.95 Å². The van der Waals surface area contributed by atoms with Crippen molar-refractivity contribution >= 4 is 5.95 Å². The van der Waals surface area contributed by atoms with Crippen LogP contribution in [-0.2, 0) is 0 Å². The molecule has 0 spiro atoms. The lowest BCUT2D eigenvalue weighted by Gasteiger charge is -2.03. The average Bonchev–Trinajstić information content (AvgIpc) is 2.25. The largest absolute Gasteiger partial charge is 0.366 e. The van der Waals surface area contributed by atoms with Gasteiger partial charge in [0.15, 0.2) is 5.69 Å². The van der Waals surface area contributed by atoms with Gasteiger partial charge in [0.05, 0.1) is 0 Å². The van der Waals surface area contributed by atoms with Crippen LogP contribution in [0.3, 0.4) is 0 Å². The Bertz CT molecular complexity index is 534. The Hall–Kier alpha value is -2.37. The van der Waals surface area contributed by atoms with Crippen LogP contribution in [0.15, 0.2) is 35.1 Å². The molecule has 0 amide bonds. The van der Waals surface area contributed by atoms with Crippen LogP contribution in [0, 0.1) is 0 Å². The Labute approximate surface area is 85.1 Å². The zero-order chi connectivity index (χ0) is 10.8. The minimum Gasteiger partial charge on any atom is -0.366 e. The highest BCUT2D eigenvalue weighted by atomic mass is 16.1. The molecule has 0 atom stereocenters. The van der Waals surface area contributed by atoms with Crippen molar-refractivity contribution in [1.29, 1.82) is 0 Å². The highest BCUT2D eigenvalue weighted by molar-refractivity contribution is 5.57. The first kappa shape index (κ1) is 9.20. The number of nitrogen functional groups attached to an aromatic ring is 2. The van der Waals surface area contributed by atoms with E-state index in [1.165, 1.54) is 0 Å². The summed E-state index contributed by atoms with van der Waals surface area (Å²) in [4.78, 5) is 15.9. The van der Waals surface area contributed by atoms with Crippen molar-refractivity contribution in [3.05, 3.63) is 40.7 Å². The lowest BCUT2D eigenvalue weighted by Crippen LogP contribution is -2.26. The van der Waals surface area contributed by atoms with Crippen LogP contribution in [0.25, 0.3) is 11.3 Å². The lowest BCUT2D eigenvalue weighted by molar-refractivity contribution is 0.779. The van der Waals surface area contributed by atoms with Gasteiger partial charge >= 0.3 is 5.56 Å². The third kappa shape index (κ3) is 1.64. The van der Waals surface area contributed by atoms with Crippen molar-refractivity contribution in [2.75, 3.05) is 11.6 Å². The quantitative estimate of drug-likeness (QED) is 0.614. The summed E-state index contributed by atoms with van der Waals surface area (Å²) < 4.78 is 0. The molecule has 2 rings (SSSR count). The smallest absolute Gasteiger partial charge is 0.301 e. The van der Waals surface area contributed by atoms with E-state index in [0.29, 0.717) is 5.56 Å². The molecule has 0 aliphatic carbocycles. The first-order valence-corrected chi connectivity index (χ1v) is 4.26. The van der Waals surface area contributed by atoms with Gasteiger partial charge in [-0.05, 0) is 0 Å². The van der Waals surface area contributed by atoms with Gasteiger partial charge in [-0.3, -0.25) is 4.79 Å². The summed E-state index contributed by atoms with van der Waals surface area (Å²) >= 11 is 0. The number of anilines is 1. The molecule has 0 aliphatic rings. The topological polar surface area (TPSA) is 99.8 Å². The molecule has 2 aromatic rings. The standard InChI is InChI=1S/C9H9N5O/c10-9-12-8(15)7(13-14(9)11)6-4-2-1-3-5-6/h1-5H,11H2,(H2,10,12,15). The summed E-state index contributed by atoms with van der Waals surface area (Å²) in [6.45, 7) is 0. The Morgan fingerprint density at radius 3 is 2.53 bits per heavy atom. The van der Waals surface area contributed by atoms with E-state index < -0.39 is 5.56 Å². The predicted octanol–water partition coefficient (Wildman–Crippen LogP) is -0.399. The molecule has 1 heterocycles. The van der Waals surface area contributed by atoms with Gasteiger partial charge in [-0.15, -0.1) is 9.89 Å². The first-order valence-electron chi connectivity index (χ1n) is 4.26. The van der Waals surface area contributed by atoms with E-state index >= 15 is 0 Å². The minimum absolute atomic E-state index is 0.111. The molecule has 0 aliphatic heterocycles.